The molecule has 1 amide bonds. The first-order chi connectivity index (χ1) is 13.8. The Kier molecular flexibility index (Phi) is 16.5. The van der Waals surface area contributed by atoms with E-state index < -0.39 is 0 Å². The number of benzene rings is 1. The van der Waals surface area contributed by atoms with E-state index in [2.05, 4.69) is 33.9 Å². The lowest BCUT2D eigenvalue weighted by Gasteiger charge is -2.17. The molecule has 0 radical (unpaired) electrons. The van der Waals surface area contributed by atoms with Crippen LogP contribution < -0.4 is 15.6 Å². The normalized spacial score (nSPS) is 9.79. The number of hydrazone groups is 1. The zero-order valence-electron chi connectivity index (χ0n) is 18.1. The number of nitrogens with one attached hydrogen (secondary N) is 2. The predicted octanol–water partition coefficient (Wildman–Crippen LogP) is 4.12. The second-order valence-electron chi connectivity index (χ2n) is 5.00. The number of halogens is 1. The number of likely N-dealkylation sites (N-methyl/N-ethyl adjacent to an activating group) is 1. The summed E-state index contributed by atoms with van der Waals surface area (Å²) in [6, 6.07) is 7.02. The van der Waals surface area contributed by atoms with Crippen molar-refractivity contribution in [1.29, 1.82) is 5.26 Å². The van der Waals surface area contributed by atoms with Gasteiger partial charge in [0.2, 0.25) is 0 Å². The van der Waals surface area contributed by atoms with Crippen molar-refractivity contribution in [3.05, 3.63) is 53.7 Å². The fraction of sp³-hybridized carbons (Fsp3) is 0.333. The molecule has 0 saturated heterocycles. The lowest BCUT2D eigenvalue weighted by Crippen LogP contribution is -2.22. The van der Waals surface area contributed by atoms with Crippen LogP contribution in [0.4, 0.5) is 5.69 Å². The lowest BCUT2D eigenvalue weighted by atomic mass is 10.2. The molecule has 0 saturated carbocycles. The Hall–Kier alpha value is -3.11. The third-order valence-corrected chi connectivity index (χ3v) is 3.50. The Morgan fingerprint density at radius 2 is 2.03 bits per heavy atom. The highest BCUT2D eigenvalue weighted by Gasteiger charge is 2.07. The highest BCUT2D eigenvalue weighted by molar-refractivity contribution is 6.32. The average Bonchev–Trinajstić information content (AvgIpc) is 2.75. The Bertz CT molecular complexity index is 765. The fourth-order valence-electron chi connectivity index (χ4n) is 1.66. The van der Waals surface area contributed by atoms with E-state index in [1.165, 1.54) is 13.3 Å². The van der Waals surface area contributed by atoms with Crippen molar-refractivity contribution >= 4 is 35.2 Å². The van der Waals surface area contributed by atoms with Crippen molar-refractivity contribution in [2.45, 2.75) is 27.7 Å². The summed E-state index contributed by atoms with van der Waals surface area (Å²) in [5.41, 5.74) is 1.40. The third-order valence-electron chi connectivity index (χ3n) is 3.19. The van der Waals surface area contributed by atoms with Crippen LogP contribution in [-0.4, -0.2) is 38.6 Å². The number of carbonyl (C=O) groups excluding carboxylic acids is 1. The SMILES string of the molecule is C=C(/C=N\N(CC)c1ccc(C#N)c(Cl)c1)C(=O)NC.C=CNC(C)=NC.CC. The van der Waals surface area contributed by atoms with Crippen molar-refractivity contribution in [3.8, 4) is 6.07 Å². The lowest BCUT2D eigenvalue weighted by molar-refractivity contribution is -0.116. The van der Waals surface area contributed by atoms with Gasteiger partial charge in [0.05, 0.1) is 33.9 Å². The molecule has 1 aromatic carbocycles. The Morgan fingerprint density at radius 3 is 2.41 bits per heavy atom. The molecule has 0 aliphatic rings. The molecular weight excluding hydrogens is 388 g/mol. The molecule has 29 heavy (non-hydrogen) atoms. The molecule has 1 aromatic rings. The number of nitriles is 1. The number of carbonyl (C=O) groups is 1. The third kappa shape index (κ3) is 11.4. The van der Waals surface area contributed by atoms with Gasteiger partial charge in [-0.15, -0.1) is 0 Å². The molecular formula is C21H31ClN6O. The van der Waals surface area contributed by atoms with Crippen LogP contribution in [0.1, 0.15) is 33.3 Å². The number of hydrogen-bond acceptors (Lipinski definition) is 5. The predicted molar refractivity (Wildman–Crippen MR) is 125 cm³/mol. The van der Waals surface area contributed by atoms with E-state index in [-0.39, 0.29) is 11.5 Å². The summed E-state index contributed by atoms with van der Waals surface area (Å²) in [5.74, 6) is 0.595. The minimum Gasteiger partial charge on any atom is -0.355 e. The van der Waals surface area contributed by atoms with E-state index in [0.29, 0.717) is 17.1 Å². The monoisotopic (exact) mass is 418 g/mol. The van der Waals surface area contributed by atoms with Crippen LogP contribution >= 0.6 is 11.6 Å². The highest BCUT2D eigenvalue weighted by Crippen LogP contribution is 2.23. The number of hydrogen-bond donors (Lipinski definition) is 2. The Balaban J connectivity index is 0. The molecule has 8 heteroatoms. The molecule has 0 aromatic heterocycles. The van der Waals surface area contributed by atoms with Crippen LogP contribution in [0, 0.1) is 11.3 Å². The molecule has 0 fully saturated rings. The van der Waals surface area contributed by atoms with Gasteiger partial charge >= 0.3 is 0 Å². The summed E-state index contributed by atoms with van der Waals surface area (Å²) < 4.78 is 0. The average molecular weight is 419 g/mol. The van der Waals surface area contributed by atoms with Crippen molar-refractivity contribution in [2.75, 3.05) is 25.6 Å². The van der Waals surface area contributed by atoms with E-state index in [1.54, 1.807) is 36.5 Å². The Morgan fingerprint density at radius 1 is 1.41 bits per heavy atom. The summed E-state index contributed by atoms with van der Waals surface area (Å²) in [5, 5.41) is 20.3. The summed E-state index contributed by atoms with van der Waals surface area (Å²) in [4.78, 5) is 15.1. The van der Waals surface area contributed by atoms with E-state index in [1.807, 2.05) is 33.8 Å². The molecule has 0 unspecified atom stereocenters. The second-order valence-corrected chi connectivity index (χ2v) is 5.41. The second kappa shape index (κ2) is 17.0. The standard InChI is InChI=1S/C14H15ClN4O.C5H10N2.C2H6/c1-4-19(18-9-10(2)14(20)17-3)12-6-5-11(8-16)13(15)7-12;1-4-7-5(2)6-3;1-2/h5-7,9H,2,4H2,1,3H3,(H,17,20);4H,1H2,2-3H3,(H,6,7);1-2H3/b18-9-;;. The minimum absolute atomic E-state index is 0.255. The molecule has 0 spiro atoms. The van der Waals surface area contributed by atoms with Gasteiger partial charge in [-0.2, -0.15) is 10.4 Å². The van der Waals surface area contributed by atoms with E-state index in [9.17, 15) is 4.79 Å². The minimum atomic E-state index is -0.289. The van der Waals surface area contributed by atoms with Gasteiger partial charge in [0.25, 0.3) is 5.91 Å². The van der Waals surface area contributed by atoms with Crippen molar-refractivity contribution in [2.24, 2.45) is 10.1 Å². The van der Waals surface area contributed by atoms with Crippen LogP contribution in [0.15, 0.2) is 53.2 Å². The van der Waals surface area contributed by atoms with Crippen LogP contribution in [-0.2, 0) is 4.79 Å². The number of anilines is 1. The molecule has 2 N–H and O–H groups in total. The van der Waals surface area contributed by atoms with E-state index in [4.69, 9.17) is 16.9 Å². The first-order valence-corrected chi connectivity index (χ1v) is 9.45. The largest absolute Gasteiger partial charge is 0.355 e. The van der Waals surface area contributed by atoms with Gasteiger partial charge in [0.15, 0.2) is 0 Å². The first kappa shape index (κ1) is 28.1. The fourth-order valence-corrected chi connectivity index (χ4v) is 1.87. The number of nitrogens with zero attached hydrogens (tertiary/aromatic N) is 4. The molecule has 158 valence electrons. The van der Waals surface area contributed by atoms with E-state index >= 15 is 0 Å². The molecule has 1 rings (SSSR count). The van der Waals surface area contributed by atoms with Gasteiger partial charge in [-0.05, 0) is 38.2 Å². The maximum Gasteiger partial charge on any atom is 0.252 e. The quantitative estimate of drug-likeness (QED) is 0.314. The zero-order chi connectivity index (χ0) is 22.8. The number of rotatable bonds is 6. The van der Waals surface area contributed by atoms with Gasteiger partial charge in [-0.3, -0.25) is 14.8 Å². The molecule has 7 nitrogen and oxygen atoms in total. The molecule has 0 bridgehead atoms. The smallest absolute Gasteiger partial charge is 0.252 e. The van der Waals surface area contributed by atoms with Crippen molar-refractivity contribution in [3.63, 3.8) is 0 Å². The zero-order valence-corrected chi connectivity index (χ0v) is 18.8. The number of aliphatic imine (C=N–C) groups is 1. The first-order valence-electron chi connectivity index (χ1n) is 9.07. The van der Waals surface area contributed by atoms with Crippen LogP contribution in [0.2, 0.25) is 5.02 Å². The van der Waals surface area contributed by atoms with Crippen molar-refractivity contribution < 1.29 is 4.79 Å². The van der Waals surface area contributed by atoms with E-state index in [0.717, 1.165) is 11.5 Å². The van der Waals surface area contributed by atoms with Gasteiger partial charge in [0, 0.05) is 20.6 Å². The van der Waals surface area contributed by atoms with Gasteiger partial charge < -0.3 is 10.6 Å². The molecule has 0 aliphatic heterocycles. The number of amidine groups is 1. The summed E-state index contributed by atoms with van der Waals surface area (Å²) >= 11 is 5.98. The summed E-state index contributed by atoms with van der Waals surface area (Å²) in [7, 11) is 3.26. The maximum atomic E-state index is 11.3. The van der Waals surface area contributed by atoms with Crippen LogP contribution in [0.3, 0.4) is 0 Å². The maximum absolute atomic E-state index is 11.3. The van der Waals surface area contributed by atoms with Crippen LogP contribution in [0.5, 0.6) is 0 Å². The summed E-state index contributed by atoms with van der Waals surface area (Å²) in [6.07, 6.45) is 2.98. The summed E-state index contributed by atoms with van der Waals surface area (Å²) in [6.45, 7) is 15.4. The topological polar surface area (TPSA) is 92.9 Å². The van der Waals surface area contributed by atoms with Gasteiger partial charge in [-0.1, -0.05) is 38.6 Å². The molecule has 0 aliphatic carbocycles. The molecule has 0 heterocycles. The van der Waals surface area contributed by atoms with Gasteiger partial charge in [-0.25, -0.2) is 0 Å². The number of amides is 1. The van der Waals surface area contributed by atoms with Gasteiger partial charge in [0.1, 0.15) is 6.07 Å². The molecule has 0 atom stereocenters. The highest BCUT2D eigenvalue weighted by atomic mass is 35.5. The Labute approximate surface area is 179 Å². The van der Waals surface area contributed by atoms with Crippen molar-refractivity contribution in [1.82, 2.24) is 10.6 Å². The van der Waals surface area contributed by atoms with Crippen LogP contribution in [0.25, 0.3) is 0 Å².